The lowest BCUT2D eigenvalue weighted by molar-refractivity contribution is 0.466. The first kappa shape index (κ1) is 12.1. The van der Waals surface area contributed by atoms with E-state index in [0.717, 1.165) is 6.54 Å². The Balaban J connectivity index is 1.90. The topological polar surface area (TPSA) is 27.8 Å². The average molecular weight is 260 g/mol. The highest BCUT2D eigenvalue weighted by Gasteiger charge is 2.23. The van der Waals surface area contributed by atoms with Gasteiger partial charge >= 0.3 is 0 Å². The SMILES string of the molecule is CSCCNC1CCCc2c1[nH]c1ccccc21. The number of nitrogens with one attached hydrogen (secondary N) is 2. The van der Waals surface area contributed by atoms with Crippen LogP contribution in [0.15, 0.2) is 24.3 Å². The summed E-state index contributed by atoms with van der Waals surface area (Å²) in [4.78, 5) is 3.62. The van der Waals surface area contributed by atoms with E-state index >= 15 is 0 Å². The average Bonchev–Trinajstić information content (AvgIpc) is 2.79. The summed E-state index contributed by atoms with van der Waals surface area (Å²) in [6.45, 7) is 1.10. The summed E-state index contributed by atoms with van der Waals surface area (Å²) in [6, 6.07) is 9.21. The molecule has 1 aliphatic rings. The van der Waals surface area contributed by atoms with Crippen molar-refractivity contribution in [2.75, 3.05) is 18.6 Å². The van der Waals surface area contributed by atoms with E-state index in [1.165, 1.54) is 41.6 Å². The van der Waals surface area contributed by atoms with Crippen molar-refractivity contribution in [3.8, 4) is 0 Å². The smallest absolute Gasteiger partial charge is 0.0476 e. The second kappa shape index (κ2) is 5.37. The molecule has 0 bridgehead atoms. The molecule has 2 aromatic rings. The Morgan fingerprint density at radius 3 is 3.17 bits per heavy atom. The van der Waals surface area contributed by atoms with E-state index in [-0.39, 0.29) is 0 Å². The molecule has 96 valence electrons. The van der Waals surface area contributed by atoms with Crippen molar-refractivity contribution >= 4 is 22.7 Å². The standard InChI is InChI=1S/C15H20N2S/c1-18-10-9-16-14-8-4-6-12-11-5-2-3-7-13(11)17-15(12)14/h2-3,5,7,14,16-17H,4,6,8-10H2,1H3. The summed E-state index contributed by atoms with van der Waals surface area (Å²) >= 11 is 1.90. The molecule has 1 aliphatic carbocycles. The van der Waals surface area contributed by atoms with Gasteiger partial charge in [0.2, 0.25) is 0 Å². The van der Waals surface area contributed by atoms with Gasteiger partial charge in [-0.15, -0.1) is 0 Å². The molecule has 0 radical (unpaired) electrons. The number of hydrogen-bond donors (Lipinski definition) is 2. The second-order valence-corrected chi connectivity index (χ2v) is 5.94. The van der Waals surface area contributed by atoms with Gasteiger partial charge in [0.05, 0.1) is 0 Å². The lowest BCUT2D eigenvalue weighted by Gasteiger charge is -2.23. The first-order chi connectivity index (χ1) is 8.90. The minimum Gasteiger partial charge on any atom is -0.357 e. The van der Waals surface area contributed by atoms with Crippen molar-refractivity contribution in [1.82, 2.24) is 10.3 Å². The highest BCUT2D eigenvalue weighted by Crippen LogP contribution is 2.34. The lowest BCUT2D eigenvalue weighted by atomic mass is 9.92. The predicted octanol–water partition coefficient (Wildman–Crippen LogP) is 3.50. The number of aryl methyl sites for hydroxylation is 1. The number of rotatable bonds is 4. The van der Waals surface area contributed by atoms with Crippen LogP contribution in [0, 0.1) is 0 Å². The van der Waals surface area contributed by atoms with E-state index in [0.29, 0.717) is 6.04 Å². The largest absolute Gasteiger partial charge is 0.357 e. The summed E-state index contributed by atoms with van der Waals surface area (Å²) in [5, 5.41) is 5.11. The van der Waals surface area contributed by atoms with E-state index in [1.54, 1.807) is 5.56 Å². The van der Waals surface area contributed by atoms with Crippen molar-refractivity contribution in [2.24, 2.45) is 0 Å². The molecule has 1 aromatic carbocycles. The van der Waals surface area contributed by atoms with Crippen LogP contribution in [0.1, 0.15) is 30.1 Å². The van der Waals surface area contributed by atoms with Gasteiger partial charge < -0.3 is 10.3 Å². The normalized spacial score (nSPS) is 19.1. The Bertz CT molecular complexity index is 532. The zero-order chi connectivity index (χ0) is 12.4. The molecule has 0 aliphatic heterocycles. The molecule has 1 unspecified atom stereocenters. The van der Waals surface area contributed by atoms with E-state index in [2.05, 4.69) is 40.8 Å². The molecule has 1 atom stereocenters. The highest BCUT2D eigenvalue weighted by atomic mass is 32.2. The van der Waals surface area contributed by atoms with Crippen molar-refractivity contribution in [3.63, 3.8) is 0 Å². The summed E-state index contributed by atoms with van der Waals surface area (Å²) in [5.41, 5.74) is 4.27. The molecular weight excluding hydrogens is 240 g/mol. The fourth-order valence-electron chi connectivity index (χ4n) is 2.95. The molecule has 3 heteroatoms. The third-order valence-electron chi connectivity index (χ3n) is 3.81. The van der Waals surface area contributed by atoms with Gasteiger partial charge in [-0.05, 0) is 37.1 Å². The van der Waals surface area contributed by atoms with Gasteiger partial charge in [-0.3, -0.25) is 0 Å². The Labute approximate surface area is 113 Å². The fraction of sp³-hybridized carbons (Fsp3) is 0.467. The number of thioether (sulfide) groups is 1. The molecule has 0 fully saturated rings. The molecule has 2 nitrogen and oxygen atoms in total. The van der Waals surface area contributed by atoms with Crippen LogP contribution in [0.2, 0.25) is 0 Å². The molecular formula is C15H20N2S. The number of aromatic nitrogens is 1. The van der Waals surface area contributed by atoms with Crippen LogP contribution in [-0.4, -0.2) is 23.5 Å². The molecule has 0 saturated heterocycles. The van der Waals surface area contributed by atoms with Crippen molar-refractivity contribution in [1.29, 1.82) is 0 Å². The van der Waals surface area contributed by atoms with E-state index in [4.69, 9.17) is 0 Å². The lowest BCUT2D eigenvalue weighted by Crippen LogP contribution is -2.27. The Morgan fingerprint density at radius 2 is 2.28 bits per heavy atom. The van der Waals surface area contributed by atoms with Gasteiger partial charge in [-0.2, -0.15) is 11.8 Å². The first-order valence-electron chi connectivity index (χ1n) is 6.72. The predicted molar refractivity (Wildman–Crippen MR) is 80.4 cm³/mol. The number of para-hydroxylation sites is 1. The van der Waals surface area contributed by atoms with Gasteiger partial charge in [0.1, 0.15) is 0 Å². The van der Waals surface area contributed by atoms with Gasteiger partial charge in [0.25, 0.3) is 0 Å². The van der Waals surface area contributed by atoms with Crippen LogP contribution in [0.25, 0.3) is 10.9 Å². The summed E-state index contributed by atoms with van der Waals surface area (Å²) < 4.78 is 0. The van der Waals surface area contributed by atoms with Gasteiger partial charge in [0.15, 0.2) is 0 Å². The second-order valence-electron chi connectivity index (χ2n) is 4.95. The Kier molecular flexibility index (Phi) is 3.62. The van der Waals surface area contributed by atoms with Crippen LogP contribution in [0.3, 0.4) is 0 Å². The maximum absolute atomic E-state index is 3.69. The molecule has 2 N–H and O–H groups in total. The third kappa shape index (κ3) is 2.17. The zero-order valence-electron chi connectivity index (χ0n) is 10.8. The maximum atomic E-state index is 3.69. The van der Waals surface area contributed by atoms with Crippen molar-refractivity contribution < 1.29 is 0 Å². The Morgan fingerprint density at radius 1 is 1.39 bits per heavy atom. The van der Waals surface area contributed by atoms with Crippen LogP contribution in [0.5, 0.6) is 0 Å². The third-order valence-corrected chi connectivity index (χ3v) is 4.42. The highest BCUT2D eigenvalue weighted by molar-refractivity contribution is 7.98. The minimum atomic E-state index is 0.522. The molecule has 1 heterocycles. The number of benzene rings is 1. The van der Waals surface area contributed by atoms with Crippen molar-refractivity contribution in [2.45, 2.75) is 25.3 Å². The Hall–Kier alpha value is -0.930. The summed E-state index contributed by atoms with van der Waals surface area (Å²) in [5.74, 6) is 1.19. The number of H-pyrrole nitrogens is 1. The van der Waals surface area contributed by atoms with Crippen LogP contribution < -0.4 is 5.32 Å². The van der Waals surface area contributed by atoms with Crippen LogP contribution in [0.4, 0.5) is 0 Å². The maximum Gasteiger partial charge on any atom is 0.0476 e. The summed E-state index contributed by atoms with van der Waals surface area (Å²) in [6.07, 6.45) is 5.94. The van der Waals surface area contributed by atoms with E-state index < -0.39 is 0 Å². The minimum absolute atomic E-state index is 0.522. The molecule has 1 aromatic heterocycles. The molecule has 18 heavy (non-hydrogen) atoms. The van der Waals surface area contributed by atoms with Crippen LogP contribution >= 0.6 is 11.8 Å². The first-order valence-corrected chi connectivity index (χ1v) is 8.11. The van der Waals surface area contributed by atoms with Crippen LogP contribution in [-0.2, 0) is 6.42 Å². The van der Waals surface area contributed by atoms with Crippen molar-refractivity contribution in [3.05, 3.63) is 35.5 Å². The molecule has 0 spiro atoms. The molecule has 3 rings (SSSR count). The van der Waals surface area contributed by atoms with Gasteiger partial charge in [0, 0.05) is 34.9 Å². The van der Waals surface area contributed by atoms with Gasteiger partial charge in [-0.1, -0.05) is 18.2 Å². The zero-order valence-corrected chi connectivity index (χ0v) is 11.6. The quantitative estimate of drug-likeness (QED) is 0.824. The number of aromatic amines is 1. The molecule has 0 amide bonds. The van der Waals surface area contributed by atoms with Gasteiger partial charge in [-0.25, -0.2) is 0 Å². The monoisotopic (exact) mass is 260 g/mol. The number of fused-ring (bicyclic) bond motifs is 3. The summed E-state index contributed by atoms with van der Waals surface area (Å²) in [7, 11) is 0. The van der Waals surface area contributed by atoms with E-state index in [9.17, 15) is 0 Å². The number of hydrogen-bond acceptors (Lipinski definition) is 2. The fourth-order valence-corrected chi connectivity index (χ4v) is 3.28. The van der Waals surface area contributed by atoms with E-state index in [1.807, 2.05) is 11.8 Å². The molecule has 0 saturated carbocycles.